The Bertz CT molecular complexity index is 763. The predicted molar refractivity (Wildman–Crippen MR) is 70.6 cm³/mol. The molecule has 0 bridgehead atoms. The van der Waals surface area contributed by atoms with Crippen molar-refractivity contribution in [3.63, 3.8) is 0 Å². The van der Waals surface area contributed by atoms with Crippen LogP contribution < -0.4 is 10.5 Å². The highest BCUT2D eigenvalue weighted by atomic mass is 32.2. The first-order chi connectivity index (χ1) is 9.31. The lowest BCUT2D eigenvalue weighted by molar-refractivity contribution is 0.557. The molecule has 1 aromatic carbocycles. The van der Waals surface area contributed by atoms with E-state index in [0.29, 0.717) is 0 Å². The van der Waals surface area contributed by atoms with Crippen molar-refractivity contribution in [1.82, 2.24) is 4.98 Å². The third-order valence-corrected chi connectivity index (χ3v) is 3.91. The molecule has 2 aromatic rings. The SMILES string of the molecule is Cc1ccnc(NS(=O)(=O)c2ccc(F)c(N)c2F)c1. The van der Waals surface area contributed by atoms with Gasteiger partial charge in [0.15, 0.2) is 5.82 Å². The first kappa shape index (κ1) is 14.2. The number of hydrogen-bond acceptors (Lipinski definition) is 4. The molecule has 2 rings (SSSR count). The summed E-state index contributed by atoms with van der Waals surface area (Å²) in [5.74, 6) is -2.31. The van der Waals surface area contributed by atoms with Crippen molar-refractivity contribution < 1.29 is 17.2 Å². The van der Waals surface area contributed by atoms with Crippen LogP contribution >= 0.6 is 0 Å². The highest BCUT2D eigenvalue weighted by Crippen LogP contribution is 2.24. The average Bonchev–Trinajstić information content (AvgIpc) is 2.35. The molecule has 0 aliphatic rings. The number of nitrogens with two attached hydrogens (primary N) is 1. The minimum Gasteiger partial charge on any atom is -0.394 e. The minimum absolute atomic E-state index is 0.0345. The van der Waals surface area contributed by atoms with E-state index in [-0.39, 0.29) is 5.82 Å². The second kappa shape index (κ2) is 5.04. The van der Waals surface area contributed by atoms with E-state index in [4.69, 9.17) is 5.73 Å². The molecule has 0 radical (unpaired) electrons. The van der Waals surface area contributed by atoms with Gasteiger partial charge in [0.25, 0.3) is 10.0 Å². The zero-order valence-electron chi connectivity index (χ0n) is 10.4. The fourth-order valence-corrected chi connectivity index (χ4v) is 2.63. The molecular formula is C12H11F2N3O2S. The molecule has 1 heterocycles. The molecule has 0 aliphatic carbocycles. The fourth-order valence-electron chi connectivity index (χ4n) is 1.54. The summed E-state index contributed by atoms with van der Waals surface area (Å²) >= 11 is 0. The van der Waals surface area contributed by atoms with Gasteiger partial charge < -0.3 is 5.73 Å². The molecule has 0 aliphatic heterocycles. The van der Waals surface area contributed by atoms with Crippen LogP contribution in [0.2, 0.25) is 0 Å². The summed E-state index contributed by atoms with van der Waals surface area (Å²) in [6.07, 6.45) is 1.41. The van der Waals surface area contributed by atoms with Crippen LogP contribution in [0.15, 0.2) is 35.4 Å². The monoisotopic (exact) mass is 299 g/mol. The van der Waals surface area contributed by atoms with E-state index in [1.165, 1.54) is 12.3 Å². The normalized spacial score (nSPS) is 11.3. The predicted octanol–water partition coefficient (Wildman–Crippen LogP) is 2.05. The molecule has 0 fully saturated rings. The Balaban J connectivity index is 2.44. The smallest absolute Gasteiger partial charge is 0.266 e. The van der Waals surface area contributed by atoms with Crippen LogP contribution in [-0.4, -0.2) is 13.4 Å². The average molecular weight is 299 g/mol. The third kappa shape index (κ3) is 2.69. The van der Waals surface area contributed by atoms with E-state index in [2.05, 4.69) is 9.71 Å². The van der Waals surface area contributed by atoms with Crippen molar-refractivity contribution in [3.8, 4) is 0 Å². The van der Waals surface area contributed by atoms with Crippen LogP contribution in [0, 0.1) is 18.6 Å². The van der Waals surface area contributed by atoms with Gasteiger partial charge in [0.2, 0.25) is 0 Å². The Morgan fingerprint density at radius 1 is 1.25 bits per heavy atom. The van der Waals surface area contributed by atoms with Crippen LogP contribution in [-0.2, 0) is 10.0 Å². The number of anilines is 2. The van der Waals surface area contributed by atoms with Crippen molar-refractivity contribution in [2.24, 2.45) is 0 Å². The van der Waals surface area contributed by atoms with E-state index in [1.54, 1.807) is 13.0 Å². The van der Waals surface area contributed by atoms with Crippen LogP contribution in [0.4, 0.5) is 20.3 Å². The molecule has 0 amide bonds. The largest absolute Gasteiger partial charge is 0.394 e. The van der Waals surface area contributed by atoms with Crippen molar-refractivity contribution >= 4 is 21.5 Å². The van der Waals surface area contributed by atoms with Crippen LogP contribution in [0.5, 0.6) is 0 Å². The molecular weight excluding hydrogens is 288 g/mol. The third-order valence-electron chi connectivity index (χ3n) is 2.54. The lowest BCUT2D eigenvalue weighted by atomic mass is 10.3. The van der Waals surface area contributed by atoms with Crippen molar-refractivity contribution in [2.75, 3.05) is 10.5 Å². The molecule has 1 aromatic heterocycles. The summed E-state index contributed by atoms with van der Waals surface area (Å²) in [5, 5.41) is 0. The van der Waals surface area contributed by atoms with Gasteiger partial charge in [-0.15, -0.1) is 0 Å². The van der Waals surface area contributed by atoms with E-state index < -0.39 is 32.2 Å². The number of pyridine rings is 1. The second-order valence-electron chi connectivity index (χ2n) is 4.10. The van der Waals surface area contributed by atoms with Gasteiger partial charge in [0.1, 0.15) is 22.2 Å². The molecule has 5 nitrogen and oxygen atoms in total. The molecule has 0 atom stereocenters. The number of aryl methyl sites for hydroxylation is 1. The summed E-state index contributed by atoms with van der Waals surface area (Å²) < 4.78 is 52.9. The second-order valence-corrected chi connectivity index (χ2v) is 5.75. The summed E-state index contributed by atoms with van der Waals surface area (Å²) in [6.45, 7) is 1.75. The van der Waals surface area contributed by atoms with Gasteiger partial charge in [-0.05, 0) is 36.8 Å². The van der Waals surface area contributed by atoms with Gasteiger partial charge in [0.05, 0.1) is 0 Å². The van der Waals surface area contributed by atoms with E-state index in [1.807, 2.05) is 0 Å². The summed E-state index contributed by atoms with van der Waals surface area (Å²) in [6, 6.07) is 4.74. The number of nitrogen functional groups attached to an aromatic ring is 1. The number of nitrogens with zero attached hydrogens (tertiary/aromatic N) is 1. The van der Waals surface area contributed by atoms with Crippen molar-refractivity contribution in [2.45, 2.75) is 11.8 Å². The Hall–Kier alpha value is -2.22. The molecule has 0 saturated heterocycles. The molecule has 0 unspecified atom stereocenters. The number of benzene rings is 1. The zero-order chi connectivity index (χ0) is 14.9. The lowest BCUT2D eigenvalue weighted by Crippen LogP contribution is -2.16. The number of halogens is 2. The molecule has 20 heavy (non-hydrogen) atoms. The van der Waals surface area contributed by atoms with Crippen LogP contribution in [0.25, 0.3) is 0 Å². The maximum absolute atomic E-state index is 13.7. The topological polar surface area (TPSA) is 85.1 Å². The lowest BCUT2D eigenvalue weighted by Gasteiger charge is -2.10. The first-order valence-corrected chi connectivity index (χ1v) is 6.98. The fraction of sp³-hybridized carbons (Fsp3) is 0.0833. The van der Waals surface area contributed by atoms with E-state index in [0.717, 1.165) is 17.7 Å². The molecule has 0 saturated carbocycles. The molecule has 8 heteroatoms. The van der Waals surface area contributed by atoms with E-state index in [9.17, 15) is 17.2 Å². The highest BCUT2D eigenvalue weighted by molar-refractivity contribution is 7.92. The van der Waals surface area contributed by atoms with E-state index >= 15 is 0 Å². The van der Waals surface area contributed by atoms with Gasteiger partial charge in [-0.1, -0.05) is 0 Å². The van der Waals surface area contributed by atoms with Crippen molar-refractivity contribution in [1.29, 1.82) is 0 Å². The molecule has 3 N–H and O–H groups in total. The number of sulfonamides is 1. The number of rotatable bonds is 3. The number of nitrogens with one attached hydrogen (secondary N) is 1. The van der Waals surface area contributed by atoms with Gasteiger partial charge in [-0.3, -0.25) is 4.72 Å². The highest BCUT2D eigenvalue weighted by Gasteiger charge is 2.23. The standard InChI is InChI=1S/C12H11F2N3O2S/c1-7-4-5-16-10(6-7)17-20(18,19)9-3-2-8(13)12(15)11(9)14/h2-6H,15H2,1H3,(H,16,17). The Labute approximate surface area is 114 Å². The maximum Gasteiger partial charge on any atom is 0.266 e. The summed E-state index contributed by atoms with van der Waals surface area (Å²) in [4.78, 5) is 3.07. The quantitative estimate of drug-likeness (QED) is 0.849. The Morgan fingerprint density at radius 2 is 1.95 bits per heavy atom. The Kier molecular flexibility index (Phi) is 3.58. The first-order valence-electron chi connectivity index (χ1n) is 5.50. The van der Waals surface area contributed by atoms with Gasteiger partial charge in [-0.2, -0.15) is 0 Å². The van der Waals surface area contributed by atoms with Gasteiger partial charge >= 0.3 is 0 Å². The molecule has 0 spiro atoms. The van der Waals surface area contributed by atoms with Crippen LogP contribution in [0.1, 0.15) is 5.56 Å². The maximum atomic E-state index is 13.7. The van der Waals surface area contributed by atoms with Gasteiger partial charge in [-0.25, -0.2) is 22.2 Å². The Morgan fingerprint density at radius 3 is 2.60 bits per heavy atom. The number of hydrogen-bond donors (Lipinski definition) is 2. The summed E-state index contributed by atoms with van der Waals surface area (Å²) in [7, 11) is -4.23. The summed E-state index contributed by atoms with van der Waals surface area (Å²) in [5.41, 5.74) is 5.07. The van der Waals surface area contributed by atoms with Crippen LogP contribution in [0.3, 0.4) is 0 Å². The minimum atomic E-state index is -4.23. The molecule has 106 valence electrons. The number of aromatic nitrogens is 1. The van der Waals surface area contributed by atoms with Crippen molar-refractivity contribution in [3.05, 3.63) is 47.7 Å². The van der Waals surface area contributed by atoms with Gasteiger partial charge in [0, 0.05) is 6.20 Å². The zero-order valence-corrected chi connectivity index (χ0v) is 11.2.